The molecule has 1 aliphatic rings. The molecule has 0 amide bonds. The zero-order chi connectivity index (χ0) is 15.3. The molecule has 0 bridgehead atoms. The van der Waals surface area contributed by atoms with E-state index in [0.29, 0.717) is 5.92 Å². The number of piperidine rings is 1. The summed E-state index contributed by atoms with van der Waals surface area (Å²) in [5, 5.41) is 10.8. The van der Waals surface area contributed by atoms with Gasteiger partial charge in [0.05, 0.1) is 32.8 Å². The summed E-state index contributed by atoms with van der Waals surface area (Å²) < 4.78 is 1.15. The molecule has 2 rings (SSSR count). The van der Waals surface area contributed by atoms with E-state index in [1.807, 2.05) is 6.07 Å². The second kappa shape index (κ2) is 10.9. The number of quaternary nitrogens is 1. The Morgan fingerprint density at radius 2 is 1.57 bits per heavy atom. The van der Waals surface area contributed by atoms with Gasteiger partial charge in [0.15, 0.2) is 0 Å². The molecule has 1 N–H and O–H groups in total. The van der Waals surface area contributed by atoms with Gasteiger partial charge in [0.1, 0.15) is 0 Å². The van der Waals surface area contributed by atoms with Crippen molar-refractivity contribution in [1.29, 1.82) is 0 Å². The Morgan fingerprint density at radius 1 is 1.00 bits per heavy atom. The smallest absolute Gasteiger partial charge is 0.0809 e. The molecule has 2 nitrogen and oxygen atoms in total. The Balaban J connectivity index is 0.00000242. The van der Waals surface area contributed by atoms with Gasteiger partial charge in [-0.2, -0.15) is 0 Å². The summed E-state index contributed by atoms with van der Waals surface area (Å²) in [6, 6.07) is 10.5. The van der Waals surface area contributed by atoms with Crippen LogP contribution >= 0.6 is 0 Å². The Bertz CT molecular complexity index is 419. The first-order valence-electron chi connectivity index (χ1n) is 8.58. The molecule has 0 saturated carbocycles. The highest BCUT2D eigenvalue weighted by molar-refractivity contribution is 5.21. The van der Waals surface area contributed by atoms with Gasteiger partial charge in [-0.1, -0.05) is 44.2 Å². The summed E-state index contributed by atoms with van der Waals surface area (Å²) in [6.45, 7) is 8.11. The molecule has 2 atom stereocenters. The average molecular weight is 450 g/mol. The van der Waals surface area contributed by atoms with Crippen LogP contribution in [0.3, 0.4) is 0 Å². The molecule has 1 aromatic carbocycles. The lowest BCUT2D eigenvalue weighted by Gasteiger charge is -2.39. The van der Waals surface area contributed by atoms with Crippen LogP contribution < -0.4 is 34.0 Å². The van der Waals surface area contributed by atoms with E-state index in [4.69, 9.17) is 0 Å². The highest BCUT2D eigenvalue weighted by Crippen LogP contribution is 2.30. The van der Waals surface area contributed by atoms with Crippen molar-refractivity contribution in [3.05, 3.63) is 35.9 Å². The summed E-state index contributed by atoms with van der Waals surface area (Å²) in [4.78, 5) is 0. The number of hydrogen-bond donors (Lipinski definition) is 1. The standard InChI is InChI=1S/C19H32NO.2BrH/c1-16(2)19(17-10-6-4-7-11-17)18(21)12-15-20(3)13-8-5-9-14-20;;/h4,6-7,10-11,16,18-19,21H,5,8-9,12-15H2,1-3H3;2*1H/q+1;;/p-2. The first kappa shape index (κ1) is 23.1. The molecule has 134 valence electrons. The molecule has 1 fully saturated rings. The summed E-state index contributed by atoms with van der Waals surface area (Å²) in [5.41, 5.74) is 1.28. The van der Waals surface area contributed by atoms with Crippen LogP contribution in [0.1, 0.15) is 51.0 Å². The van der Waals surface area contributed by atoms with Crippen LogP contribution in [0.15, 0.2) is 30.3 Å². The van der Waals surface area contributed by atoms with Crippen LogP contribution in [0.4, 0.5) is 0 Å². The summed E-state index contributed by atoms with van der Waals surface area (Å²) in [6.07, 6.45) is 4.75. The fourth-order valence-corrected chi connectivity index (χ4v) is 3.85. The van der Waals surface area contributed by atoms with Crippen molar-refractivity contribution in [2.24, 2.45) is 5.92 Å². The van der Waals surface area contributed by atoms with Crippen molar-refractivity contribution < 1.29 is 43.6 Å². The minimum absolute atomic E-state index is 0. The van der Waals surface area contributed by atoms with Gasteiger partial charge in [0.2, 0.25) is 0 Å². The van der Waals surface area contributed by atoms with E-state index in [0.717, 1.165) is 17.4 Å². The third-order valence-electron chi connectivity index (χ3n) is 5.18. The maximum atomic E-state index is 10.8. The minimum atomic E-state index is -0.232. The van der Waals surface area contributed by atoms with Crippen LogP contribution in [0, 0.1) is 5.92 Å². The number of halogens is 2. The number of hydrogen-bond acceptors (Lipinski definition) is 1. The van der Waals surface area contributed by atoms with Crippen LogP contribution in [0.25, 0.3) is 0 Å². The molecule has 0 spiro atoms. The molecular formula is C19H32Br2NO-. The van der Waals surface area contributed by atoms with Gasteiger partial charge >= 0.3 is 0 Å². The zero-order valence-electron chi connectivity index (χ0n) is 14.7. The Kier molecular flexibility index (Phi) is 10.9. The largest absolute Gasteiger partial charge is 1.00 e. The fraction of sp³-hybridized carbons (Fsp3) is 0.684. The second-order valence-corrected chi connectivity index (χ2v) is 7.39. The molecule has 0 aliphatic carbocycles. The molecule has 0 radical (unpaired) electrons. The molecule has 1 aliphatic heterocycles. The molecule has 2 unspecified atom stereocenters. The third kappa shape index (κ3) is 6.85. The van der Waals surface area contributed by atoms with Gasteiger partial charge in [-0.3, -0.25) is 0 Å². The highest BCUT2D eigenvalue weighted by atomic mass is 79.9. The van der Waals surface area contributed by atoms with Crippen LogP contribution in [0.5, 0.6) is 0 Å². The molecule has 1 aromatic rings. The van der Waals surface area contributed by atoms with Crippen LogP contribution in [-0.4, -0.2) is 42.4 Å². The molecule has 1 saturated heterocycles. The first-order chi connectivity index (χ1) is 10.0. The Morgan fingerprint density at radius 3 is 2.09 bits per heavy atom. The normalized spacial score (nSPS) is 19.3. The number of rotatable bonds is 6. The van der Waals surface area contributed by atoms with Crippen molar-refractivity contribution >= 4 is 0 Å². The quantitative estimate of drug-likeness (QED) is 0.489. The predicted molar refractivity (Wildman–Crippen MR) is 89.3 cm³/mol. The summed E-state index contributed by atoms with van der Waals surface area (Å²) in [7, 11) is 2.36. The lowest BCUT2D eigenvalue weighted by Crippen LogP contribution is -3.00. The second-order valence-electron chi connectivity index (χ2n) is 7.39. The van der Waals surface area contributed by atoms with E-state index in [9.17, 15) is 5.11 Å². The van der Waals surface area contributed by atoms with E-state index in [1.54, 1.807) is 0 Å². The number of aliphatic hydroxyl groups is 1. The van der Waals surface area contributed by atoms with Gasteiger partial charge in [0, 0.05) is 12.3 Å². The van der Waals surface area contributed by atoms with Gasteiger partial charge in [-0.25, -0.2) is 0 Å². The van der Waals surface area contributed by atoms with Gasteiger partial charge < -0.3 is 43.6 Å². The topological polar surface area (TPSA) is 20.2 Å². The predicted octanol–water partition coefficient (Wildman–Crippen LogP) is -2.18. The Hall–Kier alpha value is 0.1000. The third-order valence-corrected chi connectivity index (χ3v) is 5.18. The van der Waals surface area contributed by atoms with Crippen LogP contribution in [-0.2, 0) is 0 Å². The van der Waals surface area contributed by atoms with E-state index in [1.165, 1.54) is 37.9 Å². The molecular weight excluding hydrogens is 418 g/mol. The molecule has 23 heavy (non-hydrogen) atoms. The summed E-state index contributed by atoms with van der Waals surface area (Å²) >= 11 is 0. The van der Waals surface area contributed by atoms with Gasteiger partial charge in [0.25, 0.3) is 0 Å². The maximum absolute atomic E-state index is 10.8. The molecule has 1 heterocycles. The highest BCUT2D eigenvalue weighted by Gasteiger charge is 2.29. The molecule has 4 heteroatoms. The average Bonchev–Trinajstić information content (AvgIpc) is 2.47. The number of benzene rings is 1. The van der Waals surface area contributed by atoms with E-state index in [-0.39, 0.29) is 46.0 Å². The van der Waals surface area contributed by atoms with Gasteiger partial charge in [-0.15, -0.1) is 0 Å². The van der Waals surface area contributed by atoms with E-state index in [2.05, 4.69) is 45.2 Å². The lowest BCUT2D eigenvalue weighted by molar-refractivity contribution is -0.914. The number of nitrogens with zero attached hydrogens (tertiary/aromatic N) is 1. The van der Waals surface area contributed by atoms with Crippen LogP contribution in [0.2, 0.25) is 0 Å². The summed E-state index contributed by atoms with van der Waals surface area (Å²) in [5.74, 6) is 0.719. The minimum Gasteiger partial charge on any atom is -1.00 e. The lowest BCUT2D eigenvalue weighted by atomic mass is 9.82. The van der Waals surface area contributed by atoms with E-state index >= 15 is 0 Å². The maximum Gasteiger partial charge on any atom is 0.0809 e. The van der Waals surface area contributed by atoms with Gasteiger partial charge in [-0.05, 0) is 30.7 Å². The van der Waals surface area contributed by atoms with Crippen molar-refractivity contribution in [1.82, 2.24) is 0 Å². The van der Waals surface area contributed by atoms with Crippen molar-refractivity contribution in [3.8, 4) is 0 Å². The number of aliphatic hydroxyl groups excluding tert-OH is 1. The zero-order valence-corrected chi connectivity index (χ0v) is 17.9. The van der Waals surface area contributed by atoms with Crippen molar-refractivity contribution in [2.45, 2.75) is 51.6 Å². The number of likely N-dealkylation sites (tertiary alicyclic amines) is 1. The van der Waals surface area contributed by atoms with Crippen molar-refractivity contribution in [3.63, 3.8) is 0 Å². The monoisotopic (exact) mass is 448 g/mol. The Labute approximate surface area is 163 Å². The molecule has 0 aromatic heterocycles. The van der Waals surface area contributed by atoms with E-state index < -0.39 is 0 Å². The fourth-order valence-electron chi connectivity index (χ4n) is 3.85. The SMILES string of the molecule is CC(C)C(c1ccccc1)C(O)CC[N+]1(C)CCCCC1.[Br-].[Br-]. The first-order valence-corrected chi connectivity index (χ1v) is 8.58. The van der Waals surface area contributed by atoms with Crippen molar-refractivity contribution in [2.75, 3.05) is 26.7 Å².